The maximum absolute atomic E-state index is 6.40. The second-order valence-corrected chi connectivity index (χ2v) is 14.5. The quantitative estimate of drug-likeness (QED) is 0.765. The first-order valence-electron chi connectivity index (χ1n) is 9.11. The minimum Gasteiger partial charge on any atom is -0.411 e. The lowest BCUT2D eigenvalue weighted by Gasteiger charge is -2.36. The third-order valence-electron chi connectivity index (χ3n) is 6.32. The molecule has 0 radical (unpaired) electrons. The van der Waals surface area contributed by atoms with Gasteiger partial charge < -0.3 is 13.7 Å². The Labute approximate surface area is 154 Å². The Morgan fingerprint density at radius 3 is 2.04 bits per heavy atom. The molecule has 0 amide bonds. The van der Waals surface area contributed by atoms with Crippen molar-refractivity contribution in [3.63, 3.8) is 0 Å². The van der Waals surface area contributed by atoms with Crippen LogP contribution in [-0.4, -0.2) is 36.4 Å². The van der Waals surface area contributed by atoms with Crippen LogP contribution in [0.1, 0.15) is 59.9 Å². The van der Waals surface area contributed by atoms with E-state index in [2.05, 4.69) is 73.6 Å². The monoisotopic (exact) mass is 366 g/mol. The molecule has 1 aromatic rings. The maximum atomic E-state index is 6.40. The third-order valence-corrected chi connectivity index (χ3v) is 10.8. The van der Waals surface area contributed by atoms with Crippen LogP contribution in [0.4, 0.5) is 0 Å². The minimum absolute atomic E-state index is 0.168. The van der Waals surface area contributed by atoms with Crippen molar-refractivity contribution in [1.29, 1.82) is 0 Å². The van der Waals surface area contributed by atoms with E-state index >= 15 is 0 Å². The number of aryl methyl sites for hydroxylation is 1. The second kappa shape index (κ2) is 6.22. The van der Waals surface area contributed by atoms with Gasteiger partial charge in [-0.15, -0.1) is 0 Å². The molecule has 1 fully saturated rings. The zero-order chi connectivity index (χ0) is 19.4. The van der Waals surface area contributed by atoms with Gasteiger partial charge in [-0.25, -0.2) is 0 Å². The molecule has 2 heterocycles. The molecule has 0 unspecified atom stereocenters. The van der Waals surface area contributed by atoms with Crippen LogP contribution in [0.15, 0.2) is 0 Å². The van der Waals surface area contributed by atoms with Crippen molar-refractivity contribution < 1.29 is 13.7 Å². The van der Waals surface area contributed by atoms with Gasteiger partial charge in [-0.1, -0.05) is 20.8 Å². The summed E-state index contributed by atoms with van der Waals surface area (Å²) in [6.45, 7) is 22.1. The van der Waals surface area contributed by atoms with Crippen LogP contribution in [-0.2, 0) is 27.4 Å². The van der Waals surface area contributed by atoms with E-state index in [1.807, 2.05) is 11.7 Å². The molecule has 1 saturated heterocycles. The molecular formula is C18H35BN2O3Si. The zero-order valence-electron chi connectivity index (χ0n) is 17.9. The van der Waals surface area contributed by atoms with Crippen molar-refractivity contribution in [2.45, 2.75) is 91.3 Å². The normalized spacial score (nSPS) is 20.4. The lowest BCUT2D eigenvalue weighted by molar-refractivity contribution is 0.00578. The van der Waals surface area contributed by atoms with Gasteiger partial charge in [0, 0.05) is 18.2 Å². The summed E-state index contributed by atoms with van der Waals surface area (Å²) in [7, 11) is -0.293. The zero-order valence-corrected chi connectivity index (χ0v) is 18.9. The van der Waals surface area contributed by atoms with Crippen LogP contribution in [0.2, 0.25) is 18.1 Å². The predicted molar refractivity (Wildman–Crippen MR) is 106 cm³/mol. The topological polar surface area (TPSA) is 45.5 Å². The van der Waals surface area contributed by atoms with Crippen molar-refractivity contribution in [2.24, 2.45) is 7.05 Å². The average Bonchev–Trinajstić information content (AvgIpc) is 2.80. The van der Waals surface area contributed by atoms with Gasteiger partial charge in [0.05, 0.1) is 23.5 Å². The lowest BCUT2D eigenvalue weighted by Crippen LogP contribution is -2.42. The standard InChI is InChI=1S/C18H35BN2O3Si/c1-13-15(19-23-17(5,6)18(7,8)24-19)14(20-21(13)9)12-22-25(10,11)16(2,3)4/h12H2,1-11H3. The van der Waals surface area contributed by atoms with Gasteiger partial charge in [0.1, 0.15) is 0 Å². The molecule has 2 rings (SSSR count). The molecule has 1 aliphatic rings. The van der Waals surface area contributed by atoms with Crippen LogP contribution in [0.3, 0.4) is 0 Å². The Hall–Kier alpha value is -0.628. The summed E-state index contributed by atoms with van der Waals surface area (Å²) in [5.41, 5.74) is 2.27. The number of nitrogens with zero attached hydrogens (tertiary/aromatic N) is 2. The fourth-order valence-electron chi connectivity index (χ4n) is 2.53. The van der Waals surface area contributed by atoms with Gasteiger partial charge in [-0.3, -0.25) is 4.68 Å². The van der Waals surface area contributed by atoms with E-state index in [9.17, 15) is 0 Å². The van der Waals surface area contributed by atoms with Crippen LogP contribution < -0.4 is 5.46 Å². The third kappa shape index (κ3) is 3.75. The van der Waals surface area contributed by atoms with E-state index in [1.54, 1.807) is 0 Å². The van der Waals surface area contributed by atoms with Gasteiger partial charge in [0.25, 0.3) is 0 Å². The molecule has 0 spiro atoms. The average molecular weight is 366 g/mol. The highest BCUT2D eigenvalue weighted by Gasteiger charge is 2.53. The van der Waals surface area contributed by atoms with Crippen molar-refractivity contribution in [2.75, 3.05) is 0 Å². The second-order valence-electron chi connectivity index (χ2n) is 9.71. The smallest absolute Gasteiger partial charge is 0.411 e. The minimum atomic E-state index is -1.85. The molecule has 1 aromatic heterocycles. The van der Waals surface area contributed by atoms with E-state index in [0.29, 0.717) is 6.61 Å². The molecule has 0 aromatic carbocycles. The van der Waals surface area contributed by atoms with Gasteiger partial charge in [-0.05, 0) is 52.8 Å². The first-order valence-corrected chi connectivity index (χ1v) is 12.0. The molecule has 0 saturated carbocycles. The highest BCUT2D eigenvalue weighted by molar-refractivity contribution is 6.74. The molecule has 0 atom stereocenters. The fourth-order valence-corrected chi connectivity index (χ4v) is 3.46. The first-order chi connectivity index (χ1) is 11.1. The van der Waals surface area contributed by atoms with Gasteiger partial charge in [0.2, 0.25) is 0 Å². The summed E-state index contributed by atoms with van der Waals surface area (Å²) in [6.07, 6.45) is 0. The Morgan fingerprint density at radius 2 is 1.60 bits per heavy atom. The van der Waals surface area contributed by atoms with Crippen molar-refractivity contribution in [1.82, 2.24) is 9.78 Å². The molecule has 5 nitrogen and oxygen atoms in total. The van der Waals surface area contributed by atoms with Crippen molar-refractivity contribution in [3.05, 3.63) is 11.4 Å². The van der Waals surface area contributed by atoms with Crippen LogP contribution >= 0.6 is 0 Å². The molecule has 25 heavy (non-hydrogen) atoms. The van der Waals surface area contributed by atoms with E-state index in [-0.39, 0.29) is 16.2 Å². The largest absolute Gasteiger partial charge is 0.498 e. The summed E-state index contributed by atoms with van der Waals surface area (Å²) in [6, 6.07) is 0. The molecule has 7 heteroatoms. The fraction of sp³-hybridized carbons (Fsp3) is 0.833. The maximum Gasteiger partial charge on any atom is 0.498 e. The predicted octanol–water partition coefficient (Wildman–Crippen LogP) is 3.55. The van der Waals surface area contributed by atoms with Crippen molar-refractivity contribution >= 4 is 20.9 Å². The SMILES string of the molecule is Cc1c(B2OC(C)(C)C(C)(C)O2)c(CO[Si](C)(C)C(C)(C)C)nn1C. The summed E-state index contributed by atoms with van der Waals surface area (Å²) < 4.78 is 20.8. The van der Waals surface area contributed by atoms with Gasteiger partial charge in [-0.2, -0.15) is 5.10 Å². The van der Waals surface area contributed by atoms with E-state index in [1.165, 1.54) is 0 Å². The van der Waals surface area contributed by atoms with Crippen molar-refractivity contribution in [3.8, 4) is 0 Å². The summed E-state index contributed by atoms with van der Waals surface area (Å²) >= 11 is 0. The molecule has 0 N–H and O–H groups in total. The van der Waals surface area contributed by atoms with Crippen LogP contribution in [0.25, 0.3) is 0 Å². The van der Waals surface area contributed by atoms with Gasteiger partial charge in [0.15, 0.2) is 8.32 Å². The van der Waals surface area contributed by atoms with E-state index in [4.69, 9.17) is 13.7 Å². The highest BCUT2D eigenvalue weighted by atomic mass is 28.4. The van der Waals surface area contributed by atoms with E-state index in [0.717, 1.165) is 16.9 Å². The van der Waals surface area contributed by atoms with Crippen LogP contribution in [0, 0.1) is 6.92 Å². The highest BCUT2D eigenvalue weighted by Crippen LogP contribution is 2.38. The molecule has 0 aliphatic carbocycles. The van der Waals surface area contributed by atoms with E-state index < -0.39 is 15.4 Å². The molecule has 1 aliphatic heterocycles. The lowest BCUT2D eigenvalue weighted by atomic mass is 9.77. The van der Waals surface area contributed by atoms with Crippen LogP contribution in [0.5, 0.6) is 0 Å². The number of rotatable bonds is 4. The number of hydrogen-bond donors (Lipinski definition) is 0. The Bertz CT molecular complexity index is 631. The summed E-state index contributed by atoms with van der Waals surface area (Å²) in [5, 5.41) is 4.86. The Morgan fingerprint density at radius 1 is 1.12 bits per heavy atom. The first kappa shape index (κ1) is 20.7. The summed E-state index contributed by atoms with van der Waals surface area (Å²) in [4.78, 5) is 0. The molecule has 0 bridgehead atoms. The molecular weight excluding hydrogens is 331 g/mol. The molecule has 142 valence electrons. The summed E-state index contributed by atoms with van der Waals surface area (Å²) in [5.74, 6) is 0. The number of hydrogen-bond acceptors (Lipinski definition) is 4. The Balaban J connectivity index is 2.30. The Kier molecular flexibility index (Phi) is 5.14. The number of aromatic nitrogens is 2. The van der Waals surface area contributed by atoms with Gasteiger partial charge >= 0.3 is 7.12 Å².